The molecule has 43 heavy (non-hydrogen) atoms. The van der Waals surface area contributed by atoms with Gasteiger partial charge < -0.3 is 29.2 Å². The van der Waals surface area contributed by atoms with Gasteiger partial charge in [0.2, 0.25) is 17.6 Å². The lowest BCUT2D eigenvalue weighted by Gasteiger charge is -2.34. The number of fused-ring (bicyclic) bond motifs is 1. The predicted molar refractivity (Wildman–Crippen MR) is 166 cm³/mol. The highest BCUT2D eigenvalue weighted by molar-refractivity contribution is 6.03. The molecular formula is C34H39N3O6. The fourth-order valence-corrected chi connectivity index (χ4v) is 5.93. The third kappa shape index (κ3) is 6.40. The van der Waals surface area contributed by atoms with Crippen LogP contribution < -0.4 is 29.2 Å². The number of anilines is 1. The van der Waals surface area contributed by atoms with Crippen LogP contribution in [0.3, 0.4) is 0 Å². The van der Waals surface area contributed by atoms with Crippen molar-refractivity contribution < 1.29 is 28.5 Å². The Bertz CT molecular complexity index is 1550. The number of nitrogens with zero attached hydrogens (tertiary/aromatic N) is 1. The molecule has 1 saturated carbocycles. The van der Waals surface area contributed by atoms with E-state index in [0.717, 1.165) is 48.6 Å². The Kier molecular flexibility index (Phi) is 9.39. The first-order chi connectivity index (χ1) is 21.0. The zero-order valence-electron chi connectivity index (χ0n) is 25.1. The molecular weight excluding hydrogens is 546 g/mol. The number of methoxy groups -OCH3 is 4. The zero-order valence-corrected chi connectivity index (χ0v) is 25.1. The van der Waals surface area contributed by atoms with E-state index in [4.69, 9.17) is 18.9 Å². The lowest BCUT2D eigenvalue weighted by Crippen LogP contribution is -2.47. The number of benzene rings is 3. The van der Waals surface area contributed by atoms with Gasteiger partial charge in [0, 0.05) is 34.9 Å². The number of nitrogens with one attached hydrogen (secondary N) is 2. The third-order valence-corrected chi connectivity index (χ3v) is 8.08. The maximum atomic E-state index is 14.5. The zero-order chi connectivity index (χ0) is 30.3. The number of H-pyrrole nitrogens is 1. The van der Waals surface area contributed by atoms with Gasteiger partial charge in [-0.1, -0.05) is 43.5 Å². The SMILES string of the molecule is COc1cccc(N(C(=O)Cc2c[nH]c3ccccc23)C(C(=O)NC2CCCCC2)c2cc(OC)c(OC)c(OC)c2)c1. The Morgan fingerprint density at radius 3 is 2.28 bits per heavy atom. The van der Waals surface area contributed by atoms with Crippen molar-refractivity contribution in [1.82, 2.24) is 10.3 Å². The minimum atomic E-state index is -1.04. The van der Waals surface area contributed by atoms with Crippen LogP contribution in [0.1, 0.15) is 49.3 Å². The molecule has 4 aromatic rings. The molecule has 1 heterocycles. The number of rotatable bonds is 11. The highest BCUT2D eigenvalue weighted by Gasteiger charge is 2.36. The first kappa shape index (κ1) is 29.8. The molecule has 1 atom stereocenters. The van der Waals surface area contributed by atoms with Crippen LogP contribution in [0, 0.1) is 0 Å². The molecule has 0 bridgehead atoms. The molecule has 0 spiro atoms. The molecule has 0 radical (unpaired) electrons. The van der Waals surface area contributed by atoms with Gasteiger partial charge in [0.15, 0.2) is 11.5 Å². The van der Waals surface area contributed by atoms with Crippen LogP contribution in [-0.2, 0) is 16.0 Å². The smallest absolute Gasteiger partial charge is 0.248 e. The van der Waals surface area contributed by atoms with Crippen LogP contribution >= 0.6 is 0 Å². The Hall–Kier alpha value is -4.66. The van der Waals surface area contributed by atoms with Crippen LogP contribution in [0.5, 0.6) is 23.0 Å². The van der Waals surface area contributed by atoms with Crippen molar-refractivity contribution in [1.29, 1.82) is 0 Å². The van der Waals surface area contributed by atoms with Crippen molar-refractivity contribution in [3.05, 3.63) is 78.0 Å². The maximum Gasteiger partial charge on any atom is 0.248 e. The number of aromatic nitrogens is 1. The third-order valence-electron chi connectivity index (χ3n) is 8.08. The summed E-state index contributed by atoms with van der Waals surface area (Å²) in [6, 6.07) is 17.5. The van der Waals surface area contributed by atoms with Crippen molar-refractivity contribution >= 4 is 28.4 Å². The van der Waals surface area contributed by atoms with E-state index in [1.165, 1.54) is 21.3 Å². The molecule has 226 valence electrons. The van der Waals surface area contributed by atoms with Gasteiger partial charge in [-0.25, -0.2) is 0 Å². The molecule has 3 aromatic carbocycles. The van der Waals surface area contributed by atoms with Gasteiger partial charge >= 0.3 is 0 Å². The summed E-state index contributed by atoms with van der Waals surface area (Å²) >= 11 is 0. The first-order valence-electron chi connectivity index (χ1n) is 14.6. The molecule has 2 amide bonds. The van der Waals surface area contributed by atoms with E-state index in [0.29, 0.717) is 34.2 Å². The van der Waals surface area contributed by atoms with E-state index in [-0.39, 0.29) is 24.3 Å². The lowest BCUT2D eigenvalue weighted by molar-refractivity contribution is -0.127. The Balaban J connectivity index is 1.65. The van der Waals surface area contributed by atoms with E-state index in [9.17, 15) is 9.59 Å². The fourth-order valence-electron chi connectivity index (χ4n) is 5.93. The van der Waals surface area contributed by atoms with Gasteiger partial charge in [0.25, 0.3) is 0 Å². The van der Waals surface area contributed by atoms with Gasteiger partial charge in [-0.2, -0.15) is 0 Å². The van der Waals surface area contributed by atoms with E-state index in [2.05, 4.69) is 10.3 Å². The normalized spacial score (nSPS) is 14.1. The standard InChI is InChI=1S/C34H39N3O6/c1-40-26-14-10-13-25(20-26)37(31(38)19-23-21-35-28-16-9-8-15-27(23)28)32(34(39)36-24-11-6-5-7-12-24)22-17-29(41-2)33(43-4)30(18-22)42-3/h8-10,13-18,20-21,24,32,35H,5-7,11-12,19H2,1-4H3,(H,36,39). The summed E-state index contributed by atoms with van der Waals surface area (Å²) in [6.45, 7) is 0. The number of amides is 2. The van der Waals surface area contributed by atoms with E-state index < -0.39 is 6.04 Å². The highest BCUT2D eigenvalue weighted by Crippen LogP contribution is 2.42. The van der Waals surface area contributed by atoms with Crippen molar-refractivity contribution in [3.63, 3.8) is 0 Å². The van der Waals surface area contributed by atoms with Crippen molar-refractivity contribution in [2.45, 2.75) is 50.6 Å². The topological polar surface area (TPSA) is 102 Å². The van der Waals surface area contributed by atoms with Gasteiger partial charge in [-0.3, -0.25) is 14.5 Å². The van der Waals surface area contributed by atoms with Crippen molar-refractivity contribution in [2.75, 3.05) is 33.3 Å². The summed E-state index contributed by atoms with van der Waals surface area (Å²) in [5.74, 6) is 1.22. The maximum absolute atomic E-state index is 14.5. The Morgan fingerprint density at radius 1 is 0.884 bits per heavy atom. The summed E-state index contributed by atoms with van der Waals surface area (Å²) in [5.41, 5.74) is 2.83. The summed E-state index contributed by atoms with van der Waals surface area (Å²) < 4.78 is 22.4. The second kappa shape index (κ2) is 13.5. The average Bonchev–Trinajstić information content (AvgIpc) is 3.45. The number of hydrogen-bond donors (Lipinski definition) is 2. The van der Waals surface area contributed by atoms with Gasteiger partial charge in [-0.15, -0.1) is 0 Å². The lowest BCUT2D eigenvalue weighted by atomic mass is 9.94. The Morgan fingerprint density at radius 2 is 1.60 bits per heavy atom. The molecule has 0 aliphatic heterocycles. The highest BCUT2D eigenvalue weighted by atomic mass is 16.5. The number of para-hydroxylation sites is 1. The molecule has 0 saturated heterocycles. The number of aromatic amines is 1. The van der Waals surface area contributed by atoms with Gasteiger partial charge in [0.05, 0.1) is 34.9 Å². The average molecular weight is 586 g/mol. The Labute approximate surface area is 252 Å². The molecule has 9 nitrogen and oxygen atoms in total. The predicted octanol–water partition coefficient (Wildman–Crippen LogP) is 5.97. The molecule has 2 N–H and O–H groups in total. The van der Waals surface area contributed by atoms with Crippen LogP contribution in [-0.4, -0.2) is 51.3 Å². The second-order valence-electron chi connectivity index (χ2n) is 10.7. The molecule has 5 rings (SSSR count). The van der Waals surface area contributed by atoms with E-state index >= 15 is 0 Å². The van der Waals surface area contributed by atoms with Gasteiger partial charge in [0.1, 0.15) is 11.8 Å². The minimum Gasteiger partial charge on any atom is -0.497 e. The van der Waals surface area contributed by atoms with E-state index in [1.807, 2.05) is 48.7 Å². The summed E-state index contributed by atoms with van der Waals surface area (Å²) in [6.07, 6.45) is 6.98. The summed E-state index contributed by atoms with van der Waals surface area (Å²) in [7, 11) is 6.16. The number of carbonyl (C=O) groups is 2. The summed E-state index contributed by atoms with van der Waals surface area (Å²) in [4.78, 5) is 33.7. The largest absolute Gasteiger partial charge is 0.497 e. The molecule has 1 unspecified atom stereocenters. The summed E-state index contributed by atoms with van der Waals surface area (Å²) in [5, 5.41) is 4.22. The minimum absolute atomic E-state index is 0.0293. The number of carbonyl (C=O) groups excluding carboxylic acids is 2. The van der Waals surface area contributed by atoms with Crippen LogP contribution in [0.4, 0.5) is 5.69 Å². The van der Waals surface area contributed by atoms with Crippen LogP contribution in [0.15, 0.2) is 66.9 Å². The second-order valence-corrected chi connectivity index (χ2v) is 10.7. The number of hydrogen-bond acceptors (Lipinski definition) is 6. The fraction of sp³-hybridized carbons (Fsp3) is 0.353. The van der Waals surface area contributed by atoms with Crippen LogP contribution in [0.25, 0.3) is 10.9 Å². The first-order valence-corrected chi connectivity index (χ1v) is 14.6. The molecule has 1 aliphatic rings. The molecule has 1 aliphatic carbocycles. The molecule has 1 fully saturated rings. The van der Waals surface area contributed by atoms with Crippen molar-refractivity contribution in [2.24, 2.45) is 0 Å². The monoisotopic (exact) mass is 585 g/mol. The van der Waals surface area contributed by atoms with Crippen molar-refractivity contribution in [3.8, 4) is 23.0 Å². The number of ether oxygens (including phenoxy) is 4. The molecule has 1 aromatic heterocycles. The van der Waals surface area contributed by atoms with Crippen LogP contribution in [0.2, 0.25) is 0 Å². The van der Waals surface area contributed by atoms with Gasteiger partial charge in [-0.05, 0) is 54.3 Å². The quantitative estimate of drug-likeness (QED) is 0.225. The molecule has 9 heteroatoms. The van der Waals surface area contributed by atoms with E-state index in [1.54, 1.807) is 30.2 Å².